The number of nitrogens with one attached hydrogen (secondary N) is 1. The zero-order chi connectivity index (χ0) is 19.1. The molecule has 0 aliphatic carbocycles. The van der Waals surface area contributed by atoms with Crippen LogP contribution in [0.25, 0.3) is 0 Å². The van der Waals surface area contributed by atoms with Gasteiger partial charge in [-0.05, 0) is 41.8 Å². The van der Waals surface area contributed by atoms with Gasteiger partial charge in [0.25, 0.3) is 0 Å². The highest BCUT2D eigenvalue weighted by Crippen LogP contribution is 2.20. The molecule has 2 N–H and O–H groups in total. The Bertz CT molecular complexity index is 743. The molecule has 2 rings (SSSR count). The highest BCUT2D eigenvalue weighted by Gasteiger charge is 2.21. The van der Waals surface area contributed by atoms with E-state index in [4.69, 9.17) is 9.84 Å². The lowest BCUT2D eigenvalue weighted by Gasteiger charge is -2.20. The molecule has 0 saturated heterocycles. The molecule has 0 saturated carbocycles. The number of carboxylic acid groups (broad SMARTS) is 1. The number of carbonyl (C=O) groups is 2. The molecule has 0 bridgehead atoms. The molecule has 6 heteroatoms. The van der Waals surface area contributed by atoms with Crippen molar-refractivity contribution in [1.29, 1.82) is 0 Å². The van der Waals surface area contributed by atoms with Crippen LogP contribution in [-0.4, -0.2) is 24.1 Å². The molecule has 5 nitrogen and oxygen atoms in total. The van der Waals surface area contributed by atoms with Gasteiger partial charge in [-0.15, -0.1) is 0 Å². The van der Waals surface area contributed by atoms with Crippen LogP contribution in [0, 0.1) is 11.7 Å². The quantitative estimate of drug-likeness (QED) is 0.758. The van der Waals surface area contributed by atoms with Crippen molar-refractivity contribution in [2.75, 3.05) is 7.11 Å². The van der Waals surface area contributed by atoms with E-state index in [0.717, 1.165) is 11.3 Å². The van der Waals surface area contributed by atoms with Crippen molar-refractivity contribution >= 4 is 11.9 Å². The highest BCUT2D eigenvalue weighted by atomic mass is 19.1. The molecule has 0 fully saturated rings. The van der Waals surface area contributed by atoms with Crippen molar-refractivity contribution in [3.63, 3.8) is 0 Å². The van der Waals surface area contributed by atoms with E-state index in [9.17, 15) is 14.0 Å². The highest BCUT2D eigenvalue weighted by molar-refractivity contribution is 5.80. The zero-order valence-electron chi connectivity index (χ0n) is 14.7. The zero-order valence-corrected chi connectivity index (χ0v) is 14.7. The number of carboxylic acids is 1. The van der Waals surface area contributed by atoms with Crippen molar-refractivity contribution in [3.05, 3.63) is 65.5 Å². The molecule has 26 heavy (non-hydrogen) atoms. The third-order valence-corrected chi connectivity index (χ3v) is 4.12. The van der Waals surface area contributed by atoms with Gasteiger partial charge >= 0.3 is 5.97 Å². The minimum atomic E-state index is -1.04. The lowest BCUT2D eigenvalue weighted by molar-refractivity contribution is -0.137. The number of hydrogen-bond donors (Lipinski definition) is 2. The Kier molecular flexibility index (Phi) is 6.72. The van der Waals surface area contributed by atoms with Gasteiger partial charge in [0.05, 0.1) is 19.6 Å². The predicted octanol–water partition coefficient (Wildman–Crippen LogP) is 3.35. The molecule has 138 valence electrons. The Balaban J connectivity index is 2.04. The number of aliphatic carboxylic acids is 1. The fourth-order valence-corrected chi connectivity index (χ4v) is 2.64. The van der Waals surface area contributed by atoms with Crippen LogP contribution in [0.2, 0.25) is 0 Å². The molecule has 0 radical (unpaired) electrons. The Morgan fingerprint density at radius 3 is 2.27 bits per heavy atom. The summed E-state index contributed by atoms with van der Waals surface area (Å²) in [5.41, 5.74) is 1.53. The Labute approximate surface area is 151 Å². The summed E-state index contributed by atoms with van der Waals surface area (Å²) < 4.78 is 18.2. The summed E-state index contributed by atoms with van der Waals surface area (Å²) in [4.78, 5) is 23.6. The number of amides is 1. The number of rotatable bonds is 8. The Morgan fingerprint density at radius 2 is 1.73 bits per heavy atom. The van der Waals surface area contributed by atoms with Gasteiger partial charge in [0.15, 0.2) is 0 Å². The van der Waals surface area contributed by atoms with Crippen LogP contribution in [0.1, 0.15) is 30.5 Å². The van der Waals surface area contributed by atoms with Crippen LogP contribution < -0.4 is 10.1 Å². The number of hydrogen-bond acceptors (Lipinski definition) is 3. The van der Waals surface area contributed by atoms with Crippen molar-refractivity contribution in [3.8, 4) is 5.75 Å². The molecule has 0 aromatic heterocycles. The van der Waals surface area contributed by atoms with Crippen molar-refractivity contribution in [2.45, 2.75) is 25.8 Å². The maximum Gasteiger partial charge on any atom is 0.305 e. The lowest BCUT2D eigenvalue weighted by atomic mass is 9.98. The van der Waals surface area contributed by atoms with Gasteiger partial charge in [-0.3, -0.25) is 9.59 Å². The second-order valence-corrected chi connectivity index (χ2v) is 6.16. The van der Waals surface area contributed by atoms with Crippen LogP contribution in [0.4, 0.5) is 4.39 Å². The molecular weight excluding hydrogens is 337 g/mol. The summed E-state index contributed by atoms with van der Waals surface area (Å²) in [5, 5.41) is 11.9. The summed E-state index contributed by atoms with van der Waals surface area (Å²) >= 11 is 0. The largest absolute Gasteiger partial charge is 0.497 e. The first-order chi connectivity index (χ1) is 12.4. The molecule has 2 aromatic carbocycles. The molecule has 0 aliphatic rings. The van der Waals surface area contributed by atoms with Crippen molar-refractivity contribution < 1.29 is 23.8 Å². The van der Waals surface area contributed by atoms with Crippen LogP contribution in [0.3, 0.4) is 0 Å². The third kappa shape index (κ3) is 5.58. The van der Waals surface area contributed by atoms with E-state index in [-0.39, 0.29) is 18.2 Å². The first-order valence-electron chi connectivity index (χ1n) is 8.29. The van der Waals surface area contributed by atoms with Gasteiger partial charge in [0.2, 0.25) is 5.91 Å². The van der Waals surface area contributed by atoms with E-state index < -0.39 is 17.8 Å². The fourth-order valence-electron chi connectivity index (χ4n) is 2.64. The average Bonchev–Trinajstić information content (AvgIpc) is 2.62. The topological polar surface area (TPSA) is 75.6 Å². The van der Waals surface area contributed by atoms with Crippen molar-refractivity contribution in [1.82, 2.24) is 5.32 Å². The van der Waals surface area contributed by atoms with Crippen molar-refractivity contribution in [2.24, 2.45) is 5.92 Å². The smallest absolute Gasteiger partial charge is 0.305 e. The Hall–Kier alpha value is -2.89. The number of halogens is 1. The maximum absolute atomic E-state index is 13.1. The molecule has 2 aromatic rings. The van der Waals surface area contributed by atoms with Gasteiger partial charge in [-0.1, -0.05) is 31.2 Å². The molecule has 0 heterocycles. The van der Waals surface area contributed by atoms with Gasteiger partial charge in [0, 0.05) is 5.92 Å². The standard InChI is InChI=1S/C20H22FNO4/c1-13(11-14-3-9-17(26-2)10-4-14)20(25)22-18(12-19(23)24)15-5-7-16(21)8-6-15/h3-10,13,18H,11-12H2,1-2H3,(H,22,25)(H,23,24). The Morgan fingerprint density at radius 1 is 1.12 bits per heavy atom. The van der Waals surface area contributed by atoms with Gasteiger partial charge < -0.3 is 15.2 Å². The lowest BCUT2D eigenvalue weighted by Crippen LogP contribution is -2.34. The van der Waals surface area contributed by atoms with E-state index in [1.54, 1.807) is 14.0 Å². The van der Waals surface area contributed by atoms with Crippen LogP contribution in [0.5, 0.6) is 5.75 Å². The molecule has 1 amide bonds. The number of benzene rings is 2. The third-order valence-electron chi connectivity index (χ3n) is 4.12. The van der Waals surface area contributed by atoms with Crippen LogP contribution in [-0.2, 0) is 16.0 Å². The van der Waals surface area contributed by atoms with Crippen LogP contribution in [0.15, 0.2) is 48.5 Å². The van der Waals surface area contributed by atoms with E-state index >= 15 is 0 Å². The fraction of sp³-hybridized carbons (Fsp3) is 0.300. The number of ether oxygens (including phenoxy) is 1. The van der Waals surface area contributed by atoms with E-state index in [0.29, 0.717) is 12.0 Å². The van der Waals surface area contributed by atoms with E-state index in [1.807, 2.05) is 24.3 Å². The monoisotopic (exact) mass is 359 g/mol. The number of carbonyl (C=O) groups excluding carboxylic acids is 1. The second kappa shape index (κ2) is 8.99. The first-order valence-corrected chi connectivity index (χ1v) is 8.29. The normalized spacial score (nSPS) is 12.9. The average molecular weight is 359 g/mol. The summed E-state index contributed by atoms with van der Waals surface area (Å²) in [6.45, 7) is 1.78. The van der Waals surface area contributed by atoms with E-state index in [2.05, 4.69) is 5.32 Å². The summed E-state index contributed by atoms with van der Waals surface area (Å²) in [6.07, 6.45) is 0.242. The van der Waals surface area contributed by atoms with Gasteiger partial charge in [-0.2, -0.15) is 0 Å². The molecule has 0 aliphatic heterocycles. The van der Waals surface area contributed by atoms with Crippen LogP contribution >= 0.6 is 0 Å². The predicted molar refractivity (Wildman–Crippen MR) is 95.4 cm³/mol. The SMILES string of the molecule is COc1ccc(CC(C)C(=O)NC(CC(=O)O)c2ccc(F)cc2)cc1. The summed E-state index contributed by atoms with van der Waals surface area (Å²) in [5.74, 6) is -1.32. The maximum atomic E-state index is 13.1. The van der Waals surface area contributed by atoms with E-state index in [1.165, 1.54) is 24.3 Å². The minimum Gasteiger partial charge on any atom is -0.497 e. The molecule has 2 atom stereocenters. The van der Waals surface area contributed by atoms with Gasteiger partial charge in [-0.25, -0.2) is 4.39 Å². The molecule has 2 unspecified atom stereocenters. The first kappa shape index (κ1) is 19.4. The summed E-state index contributed by atoms with van der Waals surface area (Å²) in [7, 11) is 1.59. The van der Waals surface area contributed by atoms with Gasteiger partial charge in [0.1, 0.15) is 11.6 Å². The molecular formula is C20H22FNO4. The second-order valence-electron chi connectivity index (χ2n) is 6.16. The minimum absolute atomic E-state index is 0.253. The molecule has 0 spiro atoms. The number of methoxy groups -OCH3 is 1. The summed E-state index contributed by atoms with van der Waals surface area (Å²) in [6, 6.07) is 12.2.